The number of hydrogen-bond acceptors (Lipinski definition) is 15. The zero-order chi connectivity index (χ0) is 74.9. The highest BCUT2D eigenvalue weighted by Crippen LogP contribution is 2.45. The van der Waals surface area contributed by atoms with Gasteiger partial charge < -0.3 is 33.8 Å². The van der Waals surface area contributed by atoms with Crippen molar-refractivity contribution in [1.29, 1.82) is 0 Å². The number of phosphoric ester groups is 2. The maximum Gasteiger partial charge on any atom is 0.472 e. The Balaban J connectivity index is 5.22. The molecule has 0 amide bonds. The molecular weight excluding hydrogens is 1330 g/mol. The lowest BCUT2D eigenvalue weighted by molar-refractivity contribution is -0.161. The van der Waals surface area contributed by atoms with Crippen LogP contribution >= 0.6 is 15.6 Å². The predicted octanol–water partition coefficient (Wildman–Crippen LogP) is 25.1. The molecule has 0 aromatic heterocycles. The van der Waals surface area contributed by atoms with E-state index >= 15 is 0 Å². The topological polar surface area (TPSA) is 237 Å². The number of esters is 4. The normalized spacial score (nSPS) is 13.9. The molecule has 0 bridgehead atoms. The summed E-state index contributed by atoms with van der Waals surface area (Å²) < 4.78 is 68.8. The van der Waals surface area contributed by atoms with Gasteiger partial charge in [-0.1, -0.05) is 388 Å². The second-order valence-electron chi connectivity index (χ2n) is 30.8. The molecule has 0 saturated carbocycles. The highest BCUT2D eigenvalue weighted by Gasteiger charge is 2.30. The minimum atomic E-state index is -4.96. The monoisotopic (exact) mass is 1490 g/mol. The first-order valence-electron chi connectivity index (χ1n) is 43.0. The molecule has 0 aliphatic rings. The molecule has 0 aromatic carbocycles. The van der Waals surface area contributed by atoms with Crippen molar-refractivity contribution in [3.8, 4) is 0 Å². The maximum absolute atomic E-state index is 13.1. The van der Waals surface area contributed by atoms with Crippen molar-refractivity contribution in [2.75, 3.05) is 39.6 Å². The van der Waals surface area contributed by atoms with E-state index in [1.807, 2.05) is 0 Å². The van der Waals surface area contributed by atoms with Crippen LogP contribution in [0.3, 0.4) is 0 Å². The first-order valence-corrected chi connectivity index (χ1v) is 46.0. The van der Waals surface area contributed by atoms with E-state index in [1.54, 1.807) is 0 Å². The van der Waals surface area contributed by atoms with Gasteiger partial charge in [0.2, 0.25) is 0 Å². The number of rotatable bonds is 82. The zero-order valence-electron chi connectivity index (χ0n) is 66.9. The molecule has 0 saturated heterocycles. The van der Waals surface area contributed by atoms with E-state index in [0.717, 1.165) is 102 Å². The van der Waals surface area contributed by atoms with Gasteiger partial charge in [-0.15, -0.1) is 0 Å². The average molecular weight is 1490 g/mol. The molecule has 0 fully saturated rings. The smallest absolute Gasteiger partial charge is 0.462 e. The summed E-state index contributed by atoms with van der Waals surface area (Å²) in [5.74, 6) is -0.512. The predicted molar refractivity (Wildman–Crippen MR) is 418 cm³/mol. The Kier molecular flexibility index (Phi) is 73.1. The number of ether oxygens (including phenoxy) is 4. The standard InChI is InChI=1S/C83H162O17P2/c1-7-9-11-13-15-17-18-19-20-21-22-23-24-32-37-43-49-55-61-67-83(88)100-79(72-94-81(86)66-60-54-48-42-36-31-27-25-29-34-40-45-51-57-63-75(3)4)74-98-102(91,92)96-70-77(84)69-95-101(89,90)97-73-78(71-93-80(85)65-59-53-47-39-16-14-12-10-8-2)99-82(87)68-62-56-50-44-38-33-28-26-30-35-41-46-52-58-64-76(5)6/h75-79,84H,7-74H2,1-6H3,(H,89,90)(H,91,92)/t77-,78+,79+/m0/s1. The van der Waals surface area contributed by atoms with Gasteiger partial charge in [0.15, 0.2) is 12.2 Å². The summed E-state index contributed by atoms with van der Waals surface area (Å²) in [6, 6.07) is 0. The zero-order valence-corrected chi connectivity index (χ0v) is 68.7. The third kappa shape index (κ3) is 76.3. The second-order valence-corrected chi connectivity index (χ2v) is 33.7. The lowest BCUT2D eigenvalue weighted by Crippen LogP contribution is -2.30. The summed E-state index contributed by atoms with van der Waals surface area (Å²) in [6.07, 6.45) is 65.2. The molecule has 0 aromatic rings. The Labute approximate surface area is 626 Å². The van der Waals surface area contributed by atoms with Crippen LogP contribution in [-0.2, 0) is 65.4 Å². The third-order valence-electron chi connectivity index (χ3n) is 19.5. The first-order chi connectivity index (χ1) is 49.4. The summed E-state index contributed by atoms with van der Waals surface area (Å²) in [4.78, 5) is 73.1. The fourth-order valence-electron chi connectivity index (χ4n) is 12.9. The summed E-state index contributed by atoms with van der Waals surface area (Å²) >= 11 is 0. The molecule has 102 heavy (non-hydrogen) atoms. The van der Waals surface area contributed by atoms with Crippen LogP contribution < -0.4 is 0 Å². The van der Waals surface area contributed by atoms with Crippen LogP contribution in [0, 0.1) is 11.8 Å². The number of carbonyl (C=O) groups excluding carboxylic acids is 4. The molecule has 0 radical (unpaired) electrons. The summed E-state index contributed by atoms with van der Waals surface area (Å²) in [7, 11) is -9.92. The van der Waals surface area contributed by atoms with Gasteiger partial charge in [0.05, 0.1) is 26.4 Å². The van der Waals surface area contributed by atoms with Crippen LogP contribution in [0.2, 0.25) is 0 Å². The Morgan fingerprint density at radius 2 is 0.451 bits per heavy atom. The van der Waals surface area contributed by atoms with E-state index in [1.165, 1.54) is 257 Å². The minimum Gasteiger partial charge on any atom is -0.462 e. The summed E-state index contributed by atoms with van der Waals surface area (Å²) in [5, 5.41) is 10.7. The van der Waals surface area contributed by atoms with Gasteiger partial charge in [-0.2, -0.15) is 0 Å². The molecule has 19 heteroatoms. The molecule has 0 spiro atoms. The van der Waals surface area contributed by atoms with Gasteiger partial charge >= 0.3 is 39.5 Å². The van der Waals surface area contributed by atoms with Crippen LogP contribution in [0.25, 0.3) is 0 Å². The van der Waals surface area contributed by atoms with Crippen LogP contribution in [-0.4, -0.2) is 96.7 Å². The third-order valence-corrected chi connectivity index (χ3v) is 21.4. The number of phosphoric acid groups is 2. The van der Waals surface area contributed by atoms with Gasteiger partial charge in [-0.25, -0.2) is 9.13 Å². The molecule has 17 nitrogen and oxygen atoms in total. The van der Waals surface area contributed by atoms with Crippen molar-refractivity contribution in [2.45, 2.75) is 458 Å². The molecule has 0 aliphatic heterocycles. The van der Waals surface area contributed by atoms with Gasteiger partial charge in [-0.05, 0) is 37.5 Å². The fourth-order valence-corrected chi connectivity index (χ4v) is 14.5. The van der Waals surface area contributed by atoms with Crippen molar-refractivity contribution < 1.29 is 80.2 Å². The molecule has 0 aliphatic carbocycles. The largest absolute Gasteiger partial charge is 0.472 e. The highest BCUT2D eigenvalue weighted by molar-refractivity contribution is 7.47. The molecule has 3 N–H and O–H groups in total. The molecule has 606 valence electrons. The van der Waals surface area contributed by atoms with Gasteiger partial charge in [-0.3, -0.25) is 37.3 Å². The Bertz CT molecular complexity index is 1960. The first kappa shape index (κ1) is 100. The SMILES string of the molecule is CCCCCCCCCCCCCCCCCCCCCC(=O)O[C@H](COC(=O)CCCCCCCCCCCCCCCCC(C)C)COP(=O)(O)OC[C@@H](O)COP(=O)(O)OC[C@@H](COC(=O)CCCCCCCCCCC)OC(=O)CCCCCCCCCCCCCCCCC(C)C. The van der Waals surface area contributed by atoms with Crippen LogP contribution in [0.1, 0.15) is 440 Å². The Morgan fingerprint density at radius 3 is 0.667 bits per heavy atom. The summed E-state index contributed by atoms with van der Waals surface area (Å²) in [5.41, 5.74) is 0. The lowest BCUT2D eigenvalue weighted by atomic mass is 10.0. The van der Waals surface area contributed by atoms with Crippen LogP contribution in [0.5, 0.6) is 0 Å². The number of hydrogen-bond donors (Lipinski definition) is 3. The van der Waals surface area contributed by atoms with Crippen LogP contribution in [0.4, 0.5) is 0 Å². The molecule has 0 rings (SSSR count). The van der Waals surface area contributed by atoms with Crippen molar-refractivity contribution in [3.63, 3.8) is 0 Å². The van der Waals surface area contributed by atoms with Crippen molar-refractivity contribution >= 4 is 39.5 Å². The van der Waals surface area contributed by atoms with Gasteiger partial charge in [0, 0.05) is 25.7 Å². The molecule has 0 heterocycles. The van der Waals surface area contributed by atoms with Gasteiger partial charge in [0.25, 0.3) is 0 Å². The average Bonchev–Trinajstić information content (AvgIpc) is 1.36. The van der Waals surface area contributed by atoms with Crippen LogP contribution in [0.15, 0.2) is 0 Å². The van der Waals surface area contributed by atoms with E-state index in [2.05, 4.69) is 41.5 Å². The van der Waals surface area contributed by atoms with E-state index < -0.39 is 97.5 Å². The Hall–Kier alpha value is -1.94. The lowest BCUT2D eigenvalue weighted by Gasteiger charge is -2.21. The number of carbonyl (C=O) groups is 4. The van der Waals surface area contributed by atoms with E-state index in [0.29, 0.717) is 25.7 Å². The molecule has 5 atom stereocenters. The van der Waals surface area contributed by atoms with E-state index in [9.17, 15) is 43.2 Å². The quantitative estimate of drug-likeness (QED) is 0.0222. The minimum absolute atomic E-state index is 0.108. The molecular formula is C83H162O17P2. The Morgan fingerprint density at radius 1 is 0.265 bits per heavy atom. The second kappa shape index (κ2) is 74.5. The number of aliphatic hydroxyl groups is 1. The van der Waals surface area contributed by atoms with Gasteiger partial charge in [0.1, 0.15) is 19.3 Å². The number of aliphatic hydroxyl groups excluding tert-OH is 1. The van der Waals surface area contributed by atoms with Crippen molar-refractivity contribution in [2.24, 2.45) is 11.8 Å². The van der Waals surface area contributed by atoms with E-state index in [-0.39, 0.29) is 25.7 Å². The summed E-state index contributed by atoms with van der Waals surface area (Å²) in [6.45, 7) is 9.68. The molecule has 2 unspecified atom stereocenters. The number of unbranched alkanes of at least 4 members (excludes halogenated alkanes) is 52. The highest BCUT2D eigenvalue weighted by atomic mass is 31.2. The van der Waals surface area contributed by atoms with E-state index in [4.69, 9.17) is 37.0 Å². The maximum atomic E-state index is 13.1. The van der Waals surface area contributed by atoms with Crippen molar-refractivity contribution in [1.82, 2.24) is 0 Å². The van der Waals surface area contributed by atoms with Crippen molar-refractivity contribution in [3.05, 3.63) is 0 Å². The fraction of sp³-hybridized carbons (Fsp3) is 0.952.